The molecular weight excluding hydrogens is 180 g/mol. The maximum atomic E-state index is 11.4. The van der Waals surface area contributed by atoms with Gasteiger partial charge in [0, 0.05) is 24.5 Å². The van der Waals surface area contributed by atoms with Crippen molar-refractivity contribution < 1.29 is 14.3 Å². The Hall–Kier alpha value is -1.64. The molecule has 72 valence electrons. The highest BCUT2D eigenvalue weighted by Crippen LogP contribution is 2.30. The predicted octanol–water partition coefficient (Wildman–Crippen LogP) is 1.74. The topological polar surface area (TPSA) is 43.4 Å². The molecule has 0 saturated heterocycles. The van der Waals surface area contributed by atoms with Gasteiger partial charge in [0.1, 0.15) is 5.75 Å². The first-order valence-electron chi connectivity index (χ1n) is 4.52. The Morgan fingerprint density at radius 3 is 2.86 bits per heavy atom. The Labute approximate surface area is 81.7 Å². The third-order valence-electron chi connectivity index (χ3n) is 2.29. The van der Waals surface area contributed by atoms with Gasteiger partial charge in [0.25, 0.3) is 0 Å². The van der Waals surface area contributed by atoms with Crippen LogP contribution in [-0.4, -0.2) is 11.8 Å². The van der Waals surface area contributed by atoms with Gasteiger partial charge in [-0.15, -0.1) is 0 Å². The van der Waals surface area contributed by atoms with E-state index in [0.29, 0.717) is 24.2 Å². The van der Waals surface area contributed by atoms with Gasteiger partial charge < -0.3 is 4.74 Å². The van der Waals surface area contributed by atoms with Crippen molar-refractivity contribution in [2.75, 3.05) is 0 Å². The molecule has 1 aromatic rings. The molecular formula is C11H10O3. The second-order valence-corrected chi connectivity index (χ2v) is 3.30. The summed E-state index contributed by atoms with van der Waals surface area (Å²) in [7, 11) is 0. The third kappa shape index (κ3) is 1.41. The predicted molar refractivity (Wildman–Crippen MR) is 50.4 cm³/mol. The molecule has 1 aromatic carbocycles. The van der Waals surface area contributed by atoms with Gasteiger partial charge in [-0.3, -0.25) is 9.59 Å². The summed E-state index contributed by atoms with van der Waals surface area (Å²) in [6.45, 7) is 1.36. The zero-order chi connectivity index (χ0) is 10.1. The lowest BCUT2D eigenvalue weighted by Gasteiger charge is -2.05. The van der Waals surface area contributed by atoms with E-state index >= 15 is 0 Å². The van der Waals surface area contributed by atoms with Gasteiger partial charge in [-0.1, -0.05) is 12.1 Å². The normalized spacial score (nSPS) is 13.9. The fourth-order valence-electron chi connectivity index (χ4n) is 1.71. The maximum absolute atomic E-state index is 11.4. The second kappa shape index (κ2) is 3.25. The smallest absolute Gasteiger partial charge is 0.308 e. The van der Waals surface area contributed by atoms with E-state index in [1.54, 1.807) is 18.2 Å². The summed E-state index contributed by atoms with van der Waals surface area (Å²) in [6, 6.07) is 5.23. The van der Waals surface area contributed by atoms with Crippen LogP contribution >= 0.6 is 0 Å². The van der Waals surface area contributed by atoms with E-state index in [-0.39, 0.29) is 11.8 Å². The van der Waals surface area contributed by atoms with E-state index in [2.05, 4.69) is 0 Å². The average molecular weight is 190 g/mol. The first kappa shape index (κ1) is 8.94. The number of ketones is 1. The molecule has 2 rings (SSSR count). The van der Waals surface area contributed by atoms with E-state index in [1.807, 2.05) is 0 Å². The molecule has 0 N–H and O–H groups in total. The molecule has 0 saturated carbocycles. The summed E-state index contributed by atoms with van der Waals surface area (Å²) >= 11 is 0. The summed E-state index contributed by atoms with van der Waals surface area (Å²) in [5.74, 6) is 0.313. The standard InChI is InChI=1S/C11H10O3/c1-7(12)14-11-4-2-3-8-9(11)5-6-10(8)13/h2-4H,5-6H2,1H3. The Bertz CT molecular complexity index is 407. The molecule has 0 bridgehead atoms. The lowest BCUT2D eigenvalue weighted by atomic mass is 10.1. The van der Waals surface area contributed by atoms with E-state index in [0.717, 1.165) is 5.56 Å². The molecule has 0 radical (unpaired) electrons. The molecule has 0 aliphatic heterocycles. The number of Topliss-reactive ketones (excluding diaryl/α,β-unsaturated/α-hetero) is 1. The monoisotopic (exact) mass is 190 g/mol. The van der Waals surface area contributed by atoms with Gasteiger partial charge in [-0.2, -0.15) is 0 Å². The molecule has 3 heteroatoms. The van der Waals surface area contributed by atoms with Gasteiger partial charge in [-0.05, 0) is 12.5 Å². The molecule has 0 aromatic heterocycles. The van der Waals surface area contributed by atoms with E-state index in [4.69, 9.17) is 4.74 Å². The summed E-state index contributed by atoms with van der Waals surface area (Å²) in [5, 5.41) is 0. The number of ether oxygens (including phenoxy) is 1. The number of hydrogen-bond acceptors (Lipinski definition) is 3. The van der Waals surface area contributed by atoms with Crippen molar-refractivity contribution in [1.29, 1.82) is 0 Å². The minimum absolute atomic E-state index is 0.133. The Morgan fingerprint density at radius 2 is 2.14 bits per heavy atom. The average Bonchev–Trinajstić information content (AvgIpc) is 2.49. The molecule has 0 fully saturated rings. The Balaban J connectivity index is 2.43. The summed E-state index contributed by atoms with van der Waals surface area (Å²) in [5.41, 5.74) is 1.57. The van der Waals surface area contributed by atoms with Crippen molar-refractivity contribution in [3.8, 4) is 5.75 Å². The quantitative estimate of drug-likeness (QED) is 0.500. The molecule has 0 heterocycles. The van der Waals surface area contributed by atoms with Crippen LogP contribution in [0, 0.1) is 0 Å². The van der Waals surface area contributed by atoms with E-state index in [9.17, 15) is 9.59 Å². The number of carbonyl (C=O) groups is 2. The highest BCUT2D eigenvalue weighted by Gasteiger charge is 2.22. The highest BCUT2D eigenvalue weighted by molar-refractivity contribution is 6.01. The molecule has 1 aliphatic carbocycles. The first-order chi connectivity index (χ1) is 6.68. The molecule has 0 amide bonds. The summed E-state index contributed by atoms with van der Waals surface area (Å²) < 4.78 is 5.01. The van der Waals surface area contributed by atoms with Crippen LogP contribution in [0.15, 0.2) is 18.2 Å². The zero-order valence-corrected chi connectivity index (χ0v) is 7.87. The Kier molecular flexibility index (Phi) is 2.08. The van der Waals surface area contributed by atoms with Crippen LogP contribution in [0.2, 0.25) is 0 Å². The van der Waals surface area contributed by atoms with Crippen molar-refractivity contribution in [3.05, 3.63) is 29.3 Å². The van der Waals surface area contributed by atoms with E-state index < -0.39 is 0 Å². The highest BCUT2D eigenvalue weighted by atomic mass is 16.5. The first-order valence-corrected chi connectivity index (χ1v) is 4.52. The fourth-order valence-corrected chi connectivity index (χ4v) is 1.71. The lowest BCUT2D eigenvalue weighted by Crippen LogP contribution is -2.03. The van der Waals surface area contributed by atoms with E-state index in [1.165, 1.54) is 6.92 Å². The molecule has 0 spiro atoms. The SMILES string of the molecule is CC(=O)Oc1cccc2c1CCC2=O. The van der Waals surface area contributed by atoms with Crippen molar-refractivity contribution in [2.45, 2.75) is 19.8 Å². The van der Waals surface area contributed by atoms with Crippen LogP contribution < -0.4 is 4.74 Å². The van der Waals surface area contributed by atoms with Crippen LogP contribution in [0.3, 0.4) is 0 Å². The third-order valence-corrected chi connectivity index (χ3v) is 2.29. The van der Waals surface area contributed by atoms with Crippen molar-refractivity contribution in [1.82, 2.24) is 0 Å². The number of benzene rings is 1. The van der Waals surface area contributed by atoms with Crippen molar-refractivity contribution in [3.63, 3.8) is 0 Å². The van der Waals surface area contributed by atoms with Crippen LogP contribution in [0.5, 0.6) is 5.75 Å². The number of hydrogen-bond donors (Lipinski definition) is 0. The summed E-state index contributed by atoms with van der Waals surface area (Å²) in [4.78, 5) is 22.2. The molecule has 0 atom stereocenters. The van der Waals surface area contributed by atoms with Gasteiger partial charge in [0.05, 0.1) is 0 Å². The molecule has 14 heavy (non-hydrogen) atoms. The minimum atomic E-state index is -0.349. The zero-order valence-electron chi connectivity index (χ0n) is 7.87. The Morgan fingerprint density at radius 1 is 1.36 bits per heavy atom. The van der Waals surface area contributed by atoms with Crippen LogP contribution in [0.1, 0.15) is 29.3 Å². The number of rotatable bonds is 1. The van der Waals surface area contributed by atoms with Gasteiger partial charge >= 0.3 is 5.97 Å². The van der Waals surface area contributed by atoms with Gasteiger partial charge in [0.2, 0.25) is 0 Å². The number of esters is 1. The second-order valence-electron chi connectivity index (χ2n) is 3.30. The van der Waals surface area contributed by atoms with Gasteiger partial charge in [-0.25, -0.2) is 0 Å². The summed E-state index contributed by atoms with van der Waals surface area (Å²) in [6.07, 6.45) is 1.20. The lowest BCUT2D eigenvalue weighted by molar-refractivity contribution is -0.131. The largest absolute Gasteiger partial charge is 0.426 e. The minimum Gasteiger partial charge on any atom is -0.426 e. The van der Waals surface area contributed by atoms with Crippen LogP contribution in [0.4, 0.5) is 0 Å². The number of fused-ring (bicyclic) bond motifs is 1. The molecule has 1 aliphatic rings. The molecule has 3 nitrogen and oxygen atoms in total. The van der Waals surface area contributed by atoms with Gasteiger partial charge in [0.15, 0.2) is 5.78 Å². The molecule has 0 unspecified atom stereocenters. The van der Waals surface area contributed by atoms with Crippen molar-refractivity contribution in [2.24, 2.45) is 0 Å². The maximum Gasteiger partial charge on any atom is 0.308 e. The fraction of sp³-hybridized carbons (Fsp3) is 0.273. The number of carbonyl (C=O) groups excluding carboxylic acids is 2. The van der Waals surface area contributed by atoms with Crippen LogP contribution in [-0.2, 0) is 11.2 Å². The van der Waals surface area contributed by atoms with Crippen LogP contribution in [0.25, 0.3) is 0 Å². The van der Waals surface area contributed by atoms with Crippen molar-refractivity contribution >= 4 is 11.8 Å².